The Hall–Kier alpha value is -2.83. The van der Waals surface area contributed by atoms with Crippen molar-refractivity contribution in [1.29, 1.82) is 0 Å². The standard InChI is InChI=1S/C27H39N3O4/c1-16(2)21-10-18(11-24-29-22-8-7-20(34-6)12-23(22)30-24)17(3)9-19(21)15-28-25(31)13-27(4,5)14-26(32)33/h7-9,12,16,18-19,21H,10-11,13-15H2,1-6H3,(H,28,31)(H,29,30)(H,32,33)/t18-,19-,21-/m0/s1. The summed E-state index contributed by atoms with van der Waals surface area (Å²) >= 11 is 0. The highest BCUT2D eigenvalue weighted by atomic mass is 16.5. The number of H-pyrrole nitrogens is 1. The molecular formula is C27H39N3O4. The predicted molar refractivity (Wildman–Crippen MR) is 134 cm³/mol. The summed E-state index contributed by atoms with van der Waals surface area (Å²) in [5.74, 6) is 2.43. The molecule has 0 aliphatic heterocycles. The Morgan fingerprint density at radius 2 is 2.03 bits per heavy atom. The van der Waals surface area contributed by atoms with E-state index < -0.39 is 11.4 Å². The Labute approximate surface area is 202 Å². The van der Waals surface area contributed by atoms with Gasteiger partial charge >= 0.3 is 5.97 Å². The van der Waals surface area contributed by atoms with Crippen LogP contribution in [-0.4, -0.2) is 40.6 Å². The van der Waals surface area contributed by atoms with Crippen molar-refractivity contribution in [3.05, 3.63) is 35.7 Å². The van der Waals surface area contributed by atoms with Crippen molar-refractivity contribution >= 4 is 22.9 Å². The number of carboxylic acids is 1. The summed E-state index contributed by atoms with van der Waals surface area (Å²) in [7, 11) is 1.66. The van der Waals surface area contributed by atoms with Gasteiger partial charge in [-0.25, -0.2) is 4.98 Å². The number of rotatable bonds is 10. The Bertz CT molecular complexity index is 1050. The Balaban J connectivity index is 1.66. The lowest BCUT2D eigenvalue weighted by Gasteiger charge is -2.37. The van der Waals surface area contributed by atoms with Crippen molar-refractivity contribution in [3.63, 3.8) is 0 Å². The molecule has 1 aliphatic carbocycles. The predicted octanol–water partition coefficient (Wildman–Crippen LogP) is 4.98. The lowest BCUT2D eigenvalue weighted by atomic mass is 9.69. The molecule has 3 N–H and O–H groups in total. The van der Waals surface area contributed by atoms with Gasteiger partial charge in [0.2, 0.25) is 5.91 Å². The number of methoxy groups -OCH3 is 1. The average Bonchev–Trinajstić information content (AvgIpc) is 3.13. The van der Waals surface area contributed by atoms with E-state index in [1.165, 1.54) is 5.57 Å². The molecule has 0 bridgehead atoms. The SMILES string of the molecule is COc1ccc2nc(C[C@@H]3C[C@@H](C(C)C)[C@H](CNC(=O)CC(C)(C)CC(=O)O)C=C3C)[nH]c2c1. The monoisotopic (exact) mass is 469 g/mol. The number of allylic oxidation sites excluding steroid dienone is 1. The zero-order valence-electron chi connectivity index (χ0n) is 21.3. The molecule has 1 aliphatic rings. The van der Waals surface area contributed by atoms with Crippen LogP contribution < -0.4 is 10.1 Å². The topological polar surface area (TPSA) is 104 Å². The van der Waals surface area contributed by atoms with Crippen LogP contribution in [0.3, 0.4) is 0 Å². The van der Waals surface area contributed by atoms with Gasteiger partial charge in [0.05, 0.1) is 24.6 Å². The minimum Gasteiger partial charge on any atom is -0.497 e. The molecule has 2 aromatic rings. The molecule has 0 saturated heterocycles. The molecule has 0 saturated carbocycles. The van der Waals surface area contributed by atoms with E-state index in [0.29, 0.717) is 24.3 Å². The van der Waals surface area contributed by atoms with Crippen molar-refractivity contribution < 1.29 is 19.4 Å². The summed E-state index contributed by atoms with van der Waals surface area (Å²) in [6.45, 7) is 10.9. The van der Waals surface area contributed by atoms with Crippen LogP contribution in [0.5, 0.6) is 5.75 Å². The largest absolute Gasteiger partial charge is 0.497 e. The second-order valence-electron chi connectivity index (χ2n) is 10.9. The summed E-state index contributed by atoms with van der Waals surface area (Å²) in [6.07, 6.45) is 4.41. The molecule has 1 amide bonds. The molecule has 0 unspecified atom stereocenters. The van der Waals surface area contributed by atoms with Crippen LogP contribution in [0.15, 0.2) is 29.8 Å². The first kappa shape index (κ1) is 25.8. The molecule has 3 rings (SSSR count). The van der Waals surface area contributed by atoms with Gasteiger partial charge in [0.1, 0.15) is 11.6 Å². The number of aliphatic carboxylic acids is 1. The van der Waals surface area contributed by atoms with Crippen LogP contribution in [0.4, 0.5) is 0 Å². The number of amides is 1. The van der Waals surface area contributed by atoms with Crippen molar-refractivity contribution in [2.45, 2.75) is 60.3 Å². The third-order valence-corrected chi connectivity index (χ3v) is 7.07. The lowest BCUT2D eigenvalue weighted by Crippen LogP contribution is -2.38. The first-order valence-electron chi connectivity index (χ1n) is 12.2. The van der Waals surface area contributed by atoms with Crippen LogP contribution in [0.25, 0.3) is 11.0 Å². The number of nitrogens with one attached hydrogen (secondary N) is 2. The number of carboxylic acid groups (broad SMARTS) is 1. The zero-order chi connectivity index (χ0) is 25.0. The molecular weight excluding hydrogens is 430 g/mol. The summed E-state index contributed by atoms with van der Waals surface area (Å²) in [6, 6.07) is 5.88. The highest BCUT2D eigenvalue weighted by Crippen LogP contribution is 2.39. The maximum absolute atomic E-state index is 12.5. The van der Waals surface area contributed by atoms with Gasteiger partial charge in [-0.15, -0.1) is 0 Å². The smallest absolute Gasteiger partial charge is 0.303 e. The molecule has 34 heavy (non-hydrogen) atoms. The number of carbonyl (C=O) groups excluding carboxylic acids is 1. The number of hydrogen-bond donors (Lipinski definition) is 3. The van der Waals surface area contributed by atoms with E-state index in [4.69, 9.17) is 14.8 Å². The number of aromatic nitrogens is 2. The molecule has 186 valence electrons. The molecule has 1 heterocycles. The minimum atomic E-state index is -0.877. The third kappa shape index (κ3) is 6.61. The van der Waals surface area contributed by atoms with Gasteiger partial charge in [0, 0.05) is 25.5 Å². The summed E-state index contributed by atoms with van der Waals surface area (Å²) in [5, 5.41) is 12.1. The first-order valence-corrected chi connectivity index (χ1v) is 12.2. The number of fused-ring (bicyclic) bond motifs is 1. The highest BCUT2D eigenvalue weighted by molar-refractivity contribution is 5.78. The van der Waals surface area contributed by atoms with Gasteiger partial charge in [0.25, 0.3) is 0 Å². The van der Waals surface area contributed by atoms with Crippen LogP contribution in [0, 0.1) is 29.1 Å². The fourth-order valence-corrected chi connectivity index (χ4v) is 5.21. The van der Waals surface area contributed by atoms with E-state index >= 15 is 0 Å². The molecule has 0 spiro atoms. The number of carbonyl (C=O) groups is 2. The minimum absolute atomic E-state index is 0.0201. The fourth-order valence-electron chi connectivity index (χ4n) is 5.21. The number of hydrogen-bond acceptors (Lipinski definition) is 4. The third-order valence-electron chi connectivity index (χ3n) is 7.07. The molecule has 7 heteroatoms. The summed E-state index contributed by atoms with van der Waals surface area (Å²) in [4.78, 5) is 31.8. The fraction of sp³-hybridized carbons (Fsp3) is 0.593. The van der Waals surface area contributed by atoms with Crippen LogP contribution >= 0.6 is 0 Å². The van der Waals surface area contributed by atoms with E-state index in [1.807, 2.05) is 32.0 Å². The van der Waals surface area contributed by atoms with Gasteiger partial charge in [-0.2, -0.15) is 0 Å². The average molecular weight is 470 g/mol. The second kappa shape index (κ2) is 10.6. The summed E-state index contributed by atoms with van der Waals surface area (Å²) < 4.78 is 5.32. The van der Waals surface area contributed by atoms with Crippen molar-refractivity contribution in [2.75, 3.05) is 13.7 Å². The summed E-state index contributed by atoms with van der Waals surface area (Å²) in [5.41, 5.74) is 2.70. The number of nitrogens with zero attached hydrogens (tertiary/aromatic N) is 1. The van der Waals surface area contributed by atoms with Crippen molar-refractivity contribution in [1.82, 2.24) is 15.3 Å². The van der Waals surface area contributed by atoms with Gasteiger partial charge in [-0.05, 0) is 54.6 Å². The van der Waals surface area contributed by atoms with Crippen molar-refractivity contribution in [2.24, 2.45) is 29.1 Å². The number of aromatic amines is 1. The quantitative estimate of drug-likeness (QED) is 0.426. The van der Waals surface area contributed by atoms with Crippen LogP contribution in [-0.2, 0) is 16.0 Å². The van der Waals surface area contributed by atoms with E-state index in [-0.39, 0.29) is 24.7 Å². The van der Waals surface area contributed by atoms with E-state index in [1.54, 1.807) is 7.11 Å². The Morgan fingerprint density at radius 3 is 2.68 bits per heavy atom. The van der Waals surface area contributed by atoms with Gasteiger partial charge in [-0.3, -0.25) is 9.59 Å². The molecule has 1 aromatic heterocycles. The number of imidazole rings is 1. The normalized spacial score (nSPS) is 20.9. The van der Waals surface area contributed by atoms with Crippen LogP contribution in [0.1, 0.15) is 59.7 Å². The second-order valence-corrected chi connectivity index (χ2v) is 10.9. The number of benzene rings is 1. The zero-order valence-corrected chi connectivity index (χ0v) is 21.3. The molecule has 0 radical (unpaired) electrons. The van der Waals surface area contributed by atoms with E-state index in [0.717, 1.165) is 35.4 Å². The molecule has 3 atom stereocenters. The maximum atomic E-state index is 12.5. The van der Waals surface area contributed by atoms with Crippen LogP contribution in [0.2, 0.25) is 0 Å². The first-order chi connectivity index (χ1) is 16.0. The molecule has 0 fully saturated rings. The highest BCUT2D eigenvalue weighted by Gasteiger charge is 2.33. The van der Waals surface area contributed by atoms with E-state index in [2.05, 4.69) is 37.1 Å². The Morgan fingerprint density at radius 1 is 1.29 bits per heavy atom. The van der Waals surface area contributed by atoms with Gasteiger partial charge < -0.3 is 20.1 Å². The van der Waals surface area contributed by atoms with Gasteiger partial charge in [0.15, 0.2) is 0 Å². The van der Waals surface area contributed by atoms with Crippen molar-refractivity contribution in [3.8, 4) is 5.75 Å². The maximum Gasteiger partial charge on any atom is 0.303 e. The Kier molecular flexibility index (Phi) is 8.05. The lowest BCUT2D eigenvalue weighted by molar-refractivity contribution is -0.139. The number of ether oxygens (including phenoxy) is 1. The van der Waals surface area contributed by atoms with E-state index in [9.17, 15) is 9.59 Å². The molecule has 7 nitrogen and oxygen atoms in total. The molecule has 1 aromatic carbocycles. The van der Waals surface area contributed by atoms with Gasteiger partial charge in [-0.1, -0.05) is 39.3 Å².